The molecular weight excluding hydrogens is 452 g/mol. The Morgan fingerprint density at radius 1 is 1.06 bits per heavy atom. The van der Waals surface area contributed by atoms with Crippen LogP contribution >= 0.6 is 0 Å². The molecular formula is C25H42N4O6. The summed E-state index contributed by atoms with van der Waals surface area (Å²) in [4.78, 5) is 65.0. The zero-order valence-electron chi connectivity index (χ0n) is 22.5. The van der Waals surface area contributed by atoms with Crippen LogP contribution in [0.25, 0.3) is 0 Å². The molecule has 0 bridgehead atoms. The fraction of sp³-hybridized carbons (Fsp3) is 0.800. The quantitative estimate of drug-likeness (QED) is 0.438. The van der Waals surface area contributed by atoms with Crippen molar-refractivity contribution in [1.29, 1.82) is 0 Å². The van der Waals surface area contributed by atoms with E-state index in [1.54, 1.807) is 20.8 Å². The molecule has 0 aromatic rings. The number of ether oxygens (including phenoxy) is 1. The highest BCUT2D eigenvalue weighted by atomic mass is 16.6. The van der Waals surface area contributed by atoms with Crippen molar-refractivity contribution in [3.05, 3.63) is 0 Å². The summed E-state index contributed by atoms with van der Waals surface area (Å²) in [5.41, 5.74) is 3.62. The first-order valence-corrected chi connectivity index (χ1v) is 12.3. The molecule has 1 heterocycles. The number of nitrogens with zero attached hydrogens (tertiary/aromatic N) is 1. The maximum absolute atomic E-state index is 13.8. The van der Waals surface area contributed by atoms with Crippen LogP contribution in [0.3, 0.4) is 0 Å². The lowest BCUT2D eigenvalue weighted by atomic mass is 9.85. The van der Waals surface area contributed by atoms with Crippen molar-refractivity contribution >= 4 is 29.6 Å². The van der Waals surface area contributed by atoms with Crippen LogP contribution in [0.2, 0.25) is 0 Å². The summed E-state index contributed by atoms with van der Waals surface area (Å²) < 4.78 is 5.36. The molecule has 1 aliphatic carbocycles. The van der Waals surface area contributed by atoms with E-state index in [4.69, 9.17) is 10.5 Å². The highest BCUT2D eigenvalue weighted by Crippen LogP contribution is 2.65. The van der Waals surface area contributed by atoms with Gasteiger partial charge in [-0.25, -0.2) is 4.79 Å². The zero-order valence-corrected chi connectivity index (χ0v) is 22.5. The Morgan fingerprint density at radius 2 is 1.63 bits per heavy atom. The SMILES string of the molecule is CCCC(NC(=O)[C@@H]1C2C(CN1C(=O)[C@@H](NC(=O)OC(C)(C)C)C(C)(C)C)C2(C)C)C(=O)C(N)=O. The first-order chi connectivity index (χ1) is 15.8. The lowest BCUT2D eigenvalue weighted by Gasteiger charge is -2.38. The minimum absolute atomic E-state index is 0.0976. The topological polar surface area (TPSA) is 148 Å². The second-order valence-corrected chi connectivity index (χ2v) is 12.4. The third-order valence-corrected chi connectivity index (χ3v) is 6.99. The third-order valence-electron chi connectivity index (χ3n) is 6.99. The maximum atomic E-state index is 13.8. The van der Waals surface area contributed by atoms with Crippen molar-refractivity contribution in [2.24, 2.45) is 28.4 Å². The Hall–Kier alpha value is -2.65. The summed E-state index contributed by atoms with van der Waals surface area (Å²) in [5, 5.41) is 5.37. The summed E-state index contributed by atoms with van der Waals surface area (Å²) in [5.74, 6) is -2.83. The molecule has 10 nitrogen and oxygen atoms in total. The molecule has 35 heavy (non-hydrogen) atoms. The van der Waals surface area contributed by atoms with E-state index < -0.39 is 52.8 Å². The number of rotatable bonds is 8. The van der Waals surface area contributed by atoms with Gasteiger partial charge in [-0.1, -0.05) is 48.0 Å². The molecule has 0 aromatic heterocycles. The lowest BCUT2D eigenvalue weighted by molar-refractivity contribution is -0.145. The van der Waals surface area contributed by atoms with E-state index >= 15 is 0 Å². The van der Waals surface area contributed by atoms with E-state index in [0.29, 0.717) is 13.0 Å². The minimum Gasteiger partial charge on any atom is -0.444 e. The Bertz CT molecular complexity index is 885. The van der Waals surface area contributed by atoms with Crippen LogP contribution in [0.15, 0.2) is 0 Å². The summed E-state index contributed by atoms with van der Waals surface area (Å²) in [7, 11) is 0. The van der Waals surface area contributed by atoms with Gasteiger partial charge in [0.25, 0.3) is 5.91 Å². The number of alkyl carbamates (subject to hydrolysis) is 1. The number of fused-ring (bicyclic) bond motifs is 1. The number of primary amides is 1. The Kier molecular flexibility index (Phi) is 7.98. The predicted octanol–water partition coefficient (Wildman–Crippen LogP) is 1.75. The fourth-order valence-electron chi connectivity index (χ4n) is 5.04. The van der Waals surface area contributed by atoms with Crippen molar-refractivity contribution < 1.29 is 28.7 Å². The van der Waals surface area contributed by atoms with E-state index in [1.807, 2.05) is 41.5 Å². The fourth-order valence-corrected chi connectivity index (χ4v) is 5.04. The molecule has 1 saturated heterocycles. The Morgan fingerprint density at radius 3 is 2.09 bits per heavy atom. The summed E-state index contributed by atoms with van der Waals surface area (Å²) in [6.45, 7) is 17.0. The minimum atomic E-state index is -1.11. The first kappa shape index (κ1) is 28.6. The zero-order chi connectivity index (χ0) is 27.1. The Labute approximate surface area is 208 Å². The van der Waals surface area contributed by atoms with Crippen LogP contribution in [-0.2, 0) is 23.9 Å². The van der Waals surface area contributed by atoms with Crippen LogP contribution < -0.4 is 16.4 Å². The number of ketones is 1. The van der Waals surface area contributed by atoms with E-state index in [9.17, 15) is 24.0 Å². The number of Topliss-reactive ketones (excluding diaryl/α,β-unsaturated/α-hetero) is 1. The van der Waals surface area contributed by atoms with Gasteiger partial charge in [0.1, 0.15) is 17.7 Å². The molecule has 2 fully saturated rings. The molecule has 0 aromatic carbocycles. The molecule has 2 aliphatic rings. The van der Waals surface area contributed by atoms with E-state index in [-0.39, 0.29) is 29.6 Å². The van der Waals surface area contributed by atoms with Gasteiger partial charge in [0.2, 0.25) is 17.6 Å². The average Bonchev–Trinajstić information content (AvgIpc) is 3.03. The molecule has 3 unspecified atom stereocenters. The number of piperidine rings is 1. The number of likely N-dealkylation sites (tertiary alicyclic amines) is 1. The number of hydrogen-bond donors (Lipinski definition) is 3. The van der Waals surface area contributed by atoms with Gasteiger partial charge < -0.3 is 26.0 Å². The average molecular weight is 495 g/mol. The van der Waals surface area contributed by atoms with Crippen molar-refractivity contribution in [3.63, 3.8) is 0 Å². The number of nitrogens with one attached hydrogen (secondary N) is 2. The van der Waals surface area contributed by atoms with Gasteiger partial charge in [-0.2, -0.15) is 0 Å². The monoisotopic (exact) mass is 494 g/mol. The van der Waals surface area contributed by atoms with Gasteiger partial charge in [-0.3, -0.25) is 19.2 Å². The molecule has 2 rings (SSSR count). The van der Waals surface area contributed by atoms with E-state index in [1.165, 1.54) is 4.90 Å². The lowest BCUT2D eigenvalue weighted by Crippen LogP contribution is -2.60. The highest BCUT2D eigenvalue weighted by molar-refractivity contribution is 6.37. The largest absolute Gasteiger partial charge is 0.444 e. The number of carbonyl (C=O) groups is 5. The predicted molar refractivity (Wildman–Crippen MR) is 130 cm³/mol. The number of hydrogen-bond acceptors (Lipinski definition) is 6. The van der Waals surface area contributed by atoms with Crippen LogP contribution in [0.4, 0.5) is 4.79 Å². The van der Waals surface area contributed by atoms with Gasteiger partial charge in [0, 0.05) is 6.54 Å². The molecule has 10 heteroatoms. The second-order valence-electron chi connectivity index (χ2n) is 12.4. The van der Waals surface area contributed by atoms with Gasteiger partial charge in [0.05, 0.1) is 6.04 Å². The van der Waals surface area contributed by atoms with Crippen molar-refractivity contribution in [2.75, 3.05) is 6.54 Å². The van der Waals surface area contributed by atoms with E-state index in [2.05, 4.69) is 10.6 Å². The summed E-state index contributed by atoms with van der Waals surface area (Å²) in [6, 6.07) is -2.80. The van der Waals surface area contributed by atoms with Gasteiger partial charge >= 0.3 is 6.09 Å². The first-order valence-electron chi connectivity index (χ1n) is 12.3. The van der Waals surface area contributed by atoms with Crippen molar-refractivity contribution in [1.82, 2.24) is 15.5 Å². The summed E-state index contributed by atoms with van der Waals surface area (Å²) in [6.07, 6.45) is 0.101. The van der Waals surface area contributed by atoms with Crippen molar-refractivity contribution in [2.45, 2.75) is 98.9 Å². The van der Waals surface area contributed by atoms with E-state index in [0.717, 1.165) is 0 Å². The van der Waals surface area contributed by atoms with Crippen molar-refractivity contribution in [3.8, 4) is 0 Å². The molecule has 198 valence electrons. The molecule has 4 N–H and O–H groups in total. The number of amides is 4. The Balaban J connectivity index is 2.31. The molecule has 0 radical (unpaired) electrons. The number of nitrogens with two attached hydrogens (primary N) is 1. The smallest absolute Gasteiger partial charge is 0.408 e. The number of carbonyl (C=O) groups excluding carboxylic acids is 5. The third kappa shape index (κ3) is 6.32. The van der Waals surface area contributed by atoms with Crippen LogP contribution in [0.5, 0.6) is 0 Å². The standard InChI is InChI=1S/C25H42N4O6/c1-10-11-14(17(30)19(26)31)27-20(32)16-15-13(25(15,8)9)12-29(16)21(33)18(23(2,3)4)28-22(34)35-24(5,6)7/h13-16,18H,10-12H2,1-9H3,(H2,26,31)(H,27,32)(H,28,34)/t13?,14?,15?,16-,18+/m0/s1. The molecule has 0 spiro atoms. The van der Waals surface area contributed by atoms with Gasteiger partial charge in [-0.15, -0.1) is 0 Å². The van der Waals surface area contributed by atoms with Crippen LogP contribution in [0, 0.1) is 22.7 Å². The van der Waals surface area contributed by atoms with Gasteiger partial charge in [0.15, 0.2) is 0 Å². The van der Waals surface area contributed by atoms with Gasteiger partial charge in [-0.05, 0) is 49.9 Å². The van der Waals surface area contributed by atoms with Crippen LogP contribution in [-0.4, -0.2) is 64.8 Å². The summed E-state index contributed by atoms with van der Waals surface area (Å²) >= 11 is 0. The molecule has 1 aliphatic heterocycles. The maximum Gasteiger partial charge on any atom is 0.408 e. The van der Waals surface area contributed by atoms with Crippen LogP contribution in [0.1, 0.15) is 75.2 Å². The molecule has 4 amide bonds. The molecule has 1 saturated carbocycles. The second kappa shape index (κ2) is 9.78. The molecule has 5 atom stereocenters. The normalized spacial score (nSPS) is 24.6. The highest BCUT2D eigenvalue weighted by Gasteiger charge is 2.69.